The van der Waals surface area contributed by atoms with Gasteiger partial charge in [-0.15, -0.1) is 0 Å². The number of rotatable bonds is 5. The fourth-order valence-corrected chi connectivity index (χ4v) is 3.87. The van der Waals surface area contributed by atoms with E-state index in [1.807, 2.05) is 0 Å². The number of hydrogen-bond acceptors (Lipinski definition) is 3. The van der Waals surface area contributed by atoms with Gasteiger partial charge in [0.05, 0.1) is 10.6 Å². The molecule has 0 saturated carbocycles. The number of nitrogens with one attached hydrogen (secondary N) is 1. The molecule has 0 aliphatic heterocycles. The molecule has 3 aromatic rings. The Morgan fingerprint density at radius 1 is 0.964 bits per heavy atom. The van der Waals surface area contributed by atoms with Crippen molar-refractivity contribution in [3.05, 3.63) is 89.7 Å². The highest BCUT2D eigenvalue weighted by Crippen LogP contribution is 2.22. The number of para-hydroxylation sites is 1. The predicted molar refractivity (Wildman–Crippen MR) is 108 cm³/mol. The molecule has 0 spiro atoms. The molecule has 1 N–H and O–H groups in total. The van der Waals surface area contributed by atoms with Gasteiger partial charge in [0, 0.05) is 18.3 Å². The van der Waals surface area contributed by atoms with Gasteiger partial charge < -0.3 is 5.32 Å². The second-order valence-corrected chi connectivity index (χ2v) is 8.22. The van der Waals surface area contributed by atoms with Gasteiger partial charge in [-0.1, -0.05) is 18.2 Å². The summed E-state index contributed by atoms with van der Waals surface area (Å²) in [7, 11) is -2.27. The molecule has 28 heavy (non-hydrogen) atoms. The van der Waals surface area contributed by atoms with Gasteiger partial charge in [0.2, 0.25) is 0 Å². The molecule has 0 radical (unpaired) electrons. The minimum Gasteiger partial charge on any atom is -0.322 e. The zero-order valence-corrected chi connectivity index (χ0v) is 16.2. The number of carbonyl (C=O) groups excluding carboxylic acids is 1. The molecular weight excluding hydrogens is 379 g/mol. The Morgan fingerprint density at radius 3 is 2.21 bits per heavy atom. The Hall–Kier alpha value is -3.19. The number of amides is 1. The molecule has 0 aliphatic rings. The first-order chi connectivity index (χ1) is 13.3. The van der Waals surface area contributed by atoms with Crippen LogP contribution in [0.3, 0.4) is 0 Å². The third-order valence-electron chi connectivity index (χ3n) is 4.33. The van der Waals surface area contributed by atoms with E-state index in [2.05, 4.69) is 5.32 Å². The fraction of sp³-hybridized carbons (Fsp3) is 0.0952. The van der Waals surface area contributed by atoms with Crippen LogP contribution in [0.4, 0.5) is 15.8 Å². The van der Waals surface area contributed by atoms with E-state index in [0.29, 0.717) is 22.5 Å². The van der Waals surface area contributed by atoms with Crippen LogP contribution in [0.5, 0.6) is 0 Å². The molecular formula is C21H19FN2O3S. The Balaban J connectivity index is 1.80. The maximum absolute atomic E-state index is 13.2. The summed E-state index contributed by atoms with van der Waals surface area (Å²) in [5, 5.41) is 2.70. The van der Waals surface area contributed by atoms with Crippen LogP contribution in [0.25, 0.3) is 0 Å². The maximum atomic E-state index is 13.2. The Bertz CT molecular complexity index is 1100. The summed E-state index contributed by atoms with van der Waals surface area (Å²) >= 11 is 0. The molecule has 1 amide bonds. The molecule has 3 rings (SSSR count). The van der Waals surface area contributed by atoms with Crippen molar-refractivity contribution in [1.82, 2.24) is 0 Å². The van der Waals surface area contributed by atoms with Crippen LogP contribution in [0.15, 0.2) is 77.7 Å². The van der Waals surface area contributed by atoms with Gasteiger partial charge >= 0.3 is 0 Å². The van der Waals surface area contributed by atoms with Gasteiger partial charge in [-0.05, 0) is 67.1 Å². The molecule has 0 aromatic heterocycles. The van der Waals surface area contributed by atoms with Crippen LogP contribution < -0.4 is 9.62 Å². The summed E-state index contributed by atoms with van der Waals surface area (Å²) in [4.78, 5) is 12.5. The second kappa shape index (κ2) is 7.82. The standard InChI is InChI=1S/C21H19FN2O3S/c1-15-14-17(22)10-13-20(15)23-21(25)16-8-11-19(12-9-16)28(26,27)24(2)18-6-4-3-5-7-18/h3-14H,1-2H3,(H,23,25). The smallest absolute Gasteiger partial charge is 0.264 e. The van der Waals surface area contributed by atoms with Crippen molar-refractivity contribution >= 4 is 27.3 Å². The number of hydrogen-bond donors (Lipinski definition) is 1. The zero-order chi connectivity index (χ0) is 20.3. The average molecular weight is 398 g/mol. The largest absolute Gasteiger partial charge is 0.322 e. The van der Waals surface area contributed by atoms with E-state index in [9.17, 15) is 17.6 Å². The van der Waals surface area contributed by atoms with Crippen molar-refractivity contribution < 1.29 is 17.6 Å². The number of halogens is 1. The molecule has 0 atom stereocenters. The van der Waals surface area contributed by atoms with E-state index in [0.717, 1.165) is 0 Å². The van der Waals surface area contributed by atoms with Crippen molar-refractivity contribution in [2.75, 3.05) is 16.7 Å². The summed E-state index contributed by atoms with van der Waals surface area (Å²) in [5.74, 6) is -0.789. The van der Waals surface area contributed by atoms with Gasteiger partial charge in [-0.25, -0.2) is 12.8 Å². The average Bonchev–Trinajstić information content (AvgIpc) is 2.70. The summed E-state index contributed by atoms with van der Waals surface area (Å²) < 4.78 is 39.9. The SMILES string of the molecule is Cc1cc(F)ccc1NC(=O)c1ccc(S(=O)(=O)N(C)c2ccccc2)cc1. The first kappa shape index (κ1) is 19.6. The Morgan fingerprint density at radius 2 is 1.61 bits per heavy atom. The second-order valence-electron chi connectivity index (χ2n) is 6.25. The third kappa shape index (κ3) is 4.04. The molecule has 144 valence electrons. The van der Waals surface area contributed by atoms with E-state index in [4.69, 9.17) is 0 Å². The van der Waals surface area contributed by atoms with Crippen molar-refractivity contribution in [3.63, 3.8) is 0 Å². The minimum absolute atomic E-state index is 0.0772. The fourth-order valence-electron chi connectivity index (χ4n) is 2.67. The molecule has 0 unspecified atom stereocenters. The highest BCUT2D eigenvalue weighted by atomic mass is 32.2. The lowest BCUT2D eigenvalue weighted by atomic mass is 10.1. The van der Waals surface area contributed by atoms with E-state index < -0.39 is 15.9 Å². The molecule has 0 heterocycles. The maximum Gasteiger partial charge on any atom is 0.264 e. The summed E-state index contributed by atoms with van der Waals surface area (Å²) in [6.07, 6.45) is 0. The van der Waals surface area contributed by atoms with Gasteiger partial charge in [-0.2, -0.15) is 0 Å². The number of carbonyl (C=O) groups is 1. The Kier molecular flexibility index (Phi) is 5.46. The van der Waals surface area contributed by atoms with Crippen LogP contribution in [0.1, 0.15) is 15.9 Å². The van der Waals surface area contributed by atoms with Crippen LogP contribution in [0, 0.1) is 12.7 Å². The monoisotopic (exact) mass is 398 g/mol. The van der Waals surface area contributed by atoms with E-state index >= 15 is 0 Å². The highest BCUT2D eigenvalue weighted by molar-refractivity contribution is 7.92. The molecule has 5 nitrogen and oxygen atoms in total. The quantitative estimate of drug-likeness (QED) is 0.700. The van der Waals surface area contributed by atoms with E-state index in [1.54, 1.807) is 37.3 Å². The van der Waals surface area contributed by atoms with Crippen LogP contribution >= 0.6 is 0 Å². The molecule has 0 saturated heterocycles. The topological polar surface area (TPSA) is 66.5 Å². The van der Waals surface area contributed by atoms with E-state index in [1.165, 1.54) is 53.8 Å². The van der Waals surface area contributed by atoms with Gasteiger partial charge in [0.25, 0.3) is 15.9 Å². The third-order valence-corrected chi connectivity index (χ3v) is 6.13. The van der Waals surface area contributed by atoms with Gasteiger partial charge in [0.1, 0.15) is 5.82 Å². The van der Waals surface area contributed by atoms with Gasteiger partial charge in [-0.3, -0.25) is 9.10 Å². The molecule has 0 fully saturated rings. The highest BCUT2D eigenvalue weighted by Gasteiger charge is 2.21. The van der Waals surface area contributed by atoms with E-state index in [-0.39, 0.29) is 10.7 Å². The Labute approximate surface area is 163 Å². The lowest BCUT2D eigenvalue weighted by Crippen LogP contribution is -2.26. The van der Waals surface area contributed by atoms with Crippen LogP contribution in [-0.4, -0.2) is 21.4 Å². The number of anilines is 2. The first-order valence-electron chi connectivity index (χ1n) is 8.50. The van der Waals surface area contributed by atoms with Crippen molar-refractivity contribution in [2.24, 2.45) is 0 Å². The number of aryl methyl sites for hydroxylation is 1. The molecule has 0 aliphatic carbocycles. The number of sulfonamides is 1. The summed E-state index contributed by atoms with van der Waals surface area (Å²) in [6.45, 7) is 1.69. The summed E-state index contributed by atoms with van der Waals surface area (Å²) in [5.41, 5.74) is 1.92. The van der Waals surface area contributed by atoms with Crippen molar-refractivity contribution in [2.45, 2.75) is 11.8 Å². The normalized spacial score (nSPS) is 11.1. The zero-order valence-electron chi connectivity index (χ0n) is 15.4. The lowest BCUT2D eigenvalue weighted by Gasteiger charge is -2.19. The van der Waals surface area contributed by atoms with Crippen LogP contribution in [-0.2, 0) is 10.0 Å². The predicted octanol–water partition coefficient (Wildman–Crippen LogP) is 4.21. The molecule has 3 aromatic carbocycles. The summed E-state index contributed by atoms with van der Waals surface area (Å²) in [6, 6.07) is 18.5. The molecule has 0 bridgehead atoms. The van der Waals surface area contributed by atoms with Crippen molar-refractivity contribution in [3.8, 4) is 0 Å². The first-order valence-corrected chi connectivity index (χ1v) is 9.94. The van der Waals surface area contributed by atoms with Crippen molar-refractivity contribution in [1.29, 1.82) is 0 Å². The molecule has 7 heteroatoms. The number of benzene rings is 3. The van der Waals surface area contributed by atoms with Gasteiger partial charge in [0.15, 0.2) is 0 Å². The number of nitrogens with zero attached hydrogens (tertiary/aromatic N) is 1. The van der Waals surface area contributed by atoms with Crippen LogP contribution in [0.2, 0.25) is 0 Å². The minimum atomic E-state index is -3.74. The lowest BCUT2D eigenvalue weighted by molar-refractivity contribution is 0.102.